The third-order valence-electron chi connectivity index (χ3n) is 5.52. The van der Waals surface area contributed by atoms with Gasteiger partial charge < -0.3 is 4.98 Å². The van der Waals surface area contributed by atoms with Gasteiger partial charge in [0.05, 0.1) is 17.6 Å². The third kappa shape index (κ3) is 4.19. The minimum atomic E-state index is -0.951. The van der Waals surface area contributed by atoms with Crippen LogP contribution in [0.15, 0.2) is 59.8 Å². The van der Waals surface area contributed by atoms with Crippen molar-refractivity contribution in [3.05, 3.63) is 66.2 Å². The van der Waals surface area contributed by atoms with Crippen molar-refractivity contribution < 1.29 is 4.21 Å². The number of hydrogen-bond acceptors (Lipinski definition) is 3. The lowest BCUT2D eigenvalue weighted by Gasteiger charge is -2.19. The van der Waals surface area contributed by atoms with E-state index in [1.54, 1.807) is 12.5 Å². The minimum Gasteiger partial charge on any atom is -0.340 e. The summed E-state index contributed by atoms with van der Waals surface area (Å²) in [6, 6.07) is 14.1. The van der Waals surface area contributed by atoms with Crippen molar-refractivity contribution in [1.29, 1.82) is 0 Å². The smallest absolute Gasteiger partial charge is 0.114 e. The van der Waals surface area contributed by atoms with E-state index in [1.807, 2.05) is 36.5 Å². The number of imidazole rings is 1. The molecular weight excluding hydrogens is 354 g/mol. The number of H-pyrrole nitrogens is 1. The average molecular weight is 380 g/mol. The molecule has 1 N–H and O–H groups in total. The summed E-state index contributed by atoms with van der Waals surface area (Å²) in [5.74, 6) is 1.97. The van der Waals surface area contributed by atoms with E-state index in [1.165, 1.54) is 31.2 Å². The van der Waals surface area contributed by atoms with Crippen LogP contribution in [0.2, 0.25) is 0 Å². The van der Waals surface area contributed by atoms with Gasteiger partial charge in [-0.3, -0.25) is 9.19 Å². The van der Waals surface area contributed by atoms with Crippen LogP contribution in [0.3, 0.4) is 0 Å². The molecule has 1 aromatic carbocycles. The normalized spacial score (nSPS) is 17.1. The van der Waals surface area contributed by atoms with E-state index in [2.05, 4.69) is 22.1 Å². The highest BCUT2D eigenvalue weighted by atomic mass is 32.2. The molecule has 1 aliphatic carbocycles. The largest absolute Gasteiger partial charge is 0.340 e. The van der Waals surface area contributed by atoms with Crippen LogP contribution in [0.5, 0.6) is 0 Å². The molecule has 0 saturated heterocycles. The molecule has 1 fully saturated rings. The first-order valence-corrected chi connectivity index (χ1v) is 11.2. The Morgan fingerprint density at radius 3 is 2.56 bits per heavy atom. The molecule has 0 spiro atoms. The summed E-state index contributed by atoms with van der Waals surface area (Å²) in [7, 11) is -0.951. The lowest BCUT2D eigenvalue weighted by Crippen LogP contribution is -2.09. The van der Waals surface area contributed by atoms with Crippen molar-refractivity contribution in [3.63, 3.8) is 0 Å². The van der Waals surface area contributed by atoms with Crippen molar-refractivity contribution in [2.45, 2.75) is 42.9 Å². The molecule has 0 radical (unpaired) electrons. The molecule has 4 nitrogen and oxygen atoms in total. The standard InChI is InChI=1S/C22H25N3OS/c1-27(26)18-11-9-17(10-12-18)19(14-16-6-2-3-7-16)22-24-15-21(25-22)20-8-4-5-13-23-20/h4-5,8-13,15-16,19H,2-3,6-7,14H2,1H3,(H,24,25). The van der Waals surface area contributed by atoms with Gasteiger partial charge in [-0.2, -0.15) is 0 Å². The van der Waals surface area contributed by atoms with E-state index in [-0.39, 0.29) is 5.92 Å². The Morgan fingerprint density at radius 1 is 1.11 bits per heavy atom. The predicted molar refractivity (Wildman–Crippen MR) is 109 cm³/mol. The highest BCUT2D eigenvalue weighted by Gasteiger charge is 2.25. The molecule has 140 valence electrons. The van der Waals surface area contributed by atoms with Crippen LogP contribution in [0.1, 0.15) is 49.4 Å². The SMILES string of the molecule is CS(=O)c1ccc(C(CC2CCCC2)c2ncc(-c3ccccn3)[nH]2)cc1. The van der Waals surface area contributed by atoms with Crippen LogP contribution < -0.4 is 0 Å². The Hall–Kier alpha value is -2.27. The summed E-state index contributed by atoms with van der Waals surface area (Å²) in [5, 5.41) is 0. The number of hydrogen-bond donors (Lipinski definition) is 1. The summed E-state index contributed by atoms with van der Waals surface area (Å²) >= 11 is 0. The third-order valence-corrected chi connectivity index (χ3v) is 6.46. The Labute approximate surface area is 162 Å². The van der Waals surface area contributed by atoms with E-state index < -0.39 is 10.8 Å². The molecule has 27 heavy (non-hydrogen) atoms. The Balaban J connectivity index is 1.65. The zero-order valence-electron chi connectivity index (χ0n) is 15.6. The number of aromatic amines is 1. The van der Waals surface area contributed by atoms with Gasteiger partial charge in [-0.25, -0.2) is 4.98 Å². The van der Waals surface area contributed by atoms with Gasteiger partial charge in [0.25, 0.3) is 0 Å². The highest BCUT2D eigenvalue weighted by molar-refractivity contribution is 7.84. The van der Waals surface area contributed by atoms with Gasteiger partial charge in [0.15, 0.2) is 0 Å². The summed E-state index contributed by atoms with van der Waals surface area (Å²) in [6.45, 7) is 0. The van der Waals surface area contributed by atoms with E-state index >= 15 is 0 Å². The summed E-state index contributed by atoms with van der Waals surface area (Å²) in [6.07, 6.45) is 11.8. The van der Waals surface area contributed by atoms with Crippen molar-refractivity contribution in [2.24, 2.45) is 5.92 Å². The first-order valence-electron chi connectivity index (χ1n) is 9.60. The molecule has 0 aliphatic heterocycles. The van der Waals surface area contributed by atoms with Crippen molar-refractivity contribution in [1.82, 2.24) is 15.0 Å². The zero-order chi connectivity index (χ0) is 18.6. The van der Waals surface area contributed by atoms with Crippen molar-refractivity contribution in [3.8, 4) is 11.4 Å². The van der Waals surface area contributed by atoms with Gasteiger partial charge in [0.2, 0.25) is 0 Å². The Bertz CT molecular complexity index is 899. The highest BCUT2D eigenvalue weighted by Crippen LogP contribution is 2.37. The van der Waals surface area contributed by atoms with Crippen LogP contribution in [-0.2, 0) is 10.8 Å². The fourth-order valence-corrected chi connectivity index (χ4v) is 4.56. The second kappa shape index (κ2) is 8.17. The van der Waals surface area contributed by atoms with Crippen molar-refractivity contribution in [2.75, 3.05) is 6.26 Å². The van der Waals surface area contributed by atoms with Crippen LogP contribution in [0.25, 0.3) is 11.4 Å². The summed E-state index contributed by atoms with van der Waals surface area (Å²) < 4.78 is 11.7. The molecular formula is C22H25N3OS. The van der Waals surface area contributed by atoms with Crippen LogP contribution in [-0.4, -0.2) is 25.4 Å². The predicted octanol–water partition coefficient (Wildman–Crippen LogP) is 4.92. The molecule has 5 heteroatoms. The minimum absolute atomic E-state index is 0.227. The molecule has 0 amide bonds. The van der Waals surface area contributed by atoms with E-state index in [0.29, 0.717) is 0 Å². The summed E-state index contributed by atoms with van der Waals surface area (Å²) in [4.78, 5) is 13.5. The van der Waals surface area contributed by atoms with Gasteiger partial charge >= 0.3 is 0 Å². The van der Waals surface area contributed by atoms with Gasteiger partial charge in [-0.15, -0.1) is 0 Å². The molecule has 2 heterocycles. The molecule has 2 atom stereocenters. The second-order valence-corrected chi connectivity index (χ2v) is 8.74. The number of nitrogens with zero attached hydrogens (tertiary/aromatic N) is 2. The Morgan fingerprint density at radius 2 is 1.89 bits per heavy atom. The molecule has 3 aromatic rings. The van der Waals surface area contributed by atoms with E-state index in [4.69, 9.17) is 4.98 Å². The average Bonchev–Trinajstić information content (AvgIpc) is 3.39. The Kier molecular flexibility index (Phi) is 5.48. The zero-order valence-corrected chi connectivity index (χ0v) is 16.4. The van der Waals surface area contributed by atoms with Gasteiger partial charge in [-0.1, -0.05) is 43.9 Å². The van der Waals surface area contributed by atoms with Gasteiger partial charge in [0.1, 0.15) is 5.82 Å². The van der Waals surface area contributed by atoms with E-state index in [0.717, 1.165) is 34.4 Å². The lowest BCUT2D eigenvalue weighted by atomic mass is 9.87. The van der Waals surface area contributed by atoms with Crippen molar-refractivity contribution >= 4 is 10.8 Å². The fourth-order valence-electron chi connectivity index (χ4n) is 4.04. The van der Waals surface area contributed by atoms with Crippen LogP contribution >= 0.6 is 0 Å². The summed E-state index contributed by atoms with van der Waals surface area (Å²) in [5.41, 5.74) is 3.10. The van der Waals surface area contributed by atoms with Crippen LogP contribution in [0.4, 0.5) is 0 Å². The number of benzene rings is 1. The first-order chi connectivity index (χ1) is 13.2. The number of aromatic nitrogens is 3. The maximum atomic E-state index is 11.7. The maximum absolute atomic E-state index is 11.7. The molecule has 2 aromatic heterocycles. The molecule has 0 bridgehead atoms. The first kappa shape index (κ1) is 18.1. The number of pyridine rings is 1. The maximum Gasteiger partial charge on any atom is 0.114 e. The quantitative estimate of drug-likeness (QED) is 0.661. The number of rotatable bonds is 6. The monoisotopic (exact) mass is 379 g/mol. The van der Waals surface area contributed by atoms with Gasteiger partial charge in [-0.05, 0) is 42.2 Å². The van der Waals surface area contributed by atoms with E-state index in [9.17, 15) is 4.21 Å². The second-order valence-electron chi connectivity index (χ2n) is 7.36. The molecule has 4 rings (SSSR count). The molecule has 2 unspecified atom stereocenters. The molecule has 1 saturated carbocycles. The fraction of sp³-hybridized carbons (Fsp3) is 0.364. The van der Waals surface area contributed by atoms with Crippen LogP contribution in [0, 0.1) is 5.92 Å². The topological polar surface area (TPSA) is 58.6 Å². The number of nitrogens with one attached hydrogen (secondary N) is 1. The van der Waals surface area contributed by atoms with Gasteiger partial charge in [0, 0.05) is 34.1 Å². The molecule has 1 aliphatic rings. The lowest BCUT2D eigenvalue weighted by molar-refractivity contribution is 0.465.